The van der Waals surface area contributed by atoms with Crippen LogP contribution in [0.4, 0.5) is 0 Å². The van der Waals surface area contributed by atoms with E-state index >= 15 is 0 Å². The Bertz CT molecular complexity index is 3600. The van der Waals surface area contributed by atoms with Crippen LogP contribution in [0, 0.1) is 55.4 Å². The molecule has 106 heavy (non-hydrogen) atoms. The van der Waals surface area contributed by atoms with Gasteiger partial charge in [0, 0.05) is 90.5 Å². The lowest BCUT2D eigenvalue weighted by atomic mass is 10.0. The molecule has 0 aliphatic heterocycles. The summed E-state index contributed by atoms with van der Waals surface area (Å²) in [5.74, 6) is 12.4. The number of hydrogen-bond donors (Lipinski definition) is 0. The van der Waals surface area contributed by atoms with Gasteiger partial charge in [0.1, 0.15) is 44.9 Å². The smallest absolute Gasteiger partial charge is 0.229 e. The first kappa shape index (κ1) is 95.8. The highest BCUT2D eigenvalue weighted by molar-refractivity contribution is 7.11. The normalized spacial score (nSPS) is 10.6. The molecular formula is C76H124N20O6S4. The van der Waals surface area contributed by atoms with Crippen LogP contribution < -0.4 is 0 Å². The van der Waals surface area contributed by atoms with Crippen LogP contribution in [0.5, 0.6) is 0 Å². The summed E-state index contributed by atoms with van der Waals surface area (Å²) in [6.45, 7) is 66.0. The standard InChI is InChI=1S/C8H13NO.C7H11NO.C7H11NS.2C6H11N3.2C6H10N2O.2C6H10N2S.2C6H9NO.C6H9NS/c1-5(2)8-6(3)9-10-7(8)4;2*1-5(2)7-4-9-8-6(7)3;2*1-5(2)6-4-7-8-9(6)3;1-4(2)6-7-5(3)9-8-6;1-4(2)6-7-5(3)8-9-6;1-4(2)6-8-7-5(3)9-6;1-4(2)6-7-5(3)8-9-6;1-5(2)6-3-7-4-8-6;2*1-5(2)6-7-3-4-8-6/h5H,1-4H3;4*4-5H,1-3H3;4*4H,1-3H3;3*3-5H,1-2H3. The second kappa shape index (κ2) is 51.1. The highest BCUT2D eigenvalue weighted by Crippen LogP contribution is 2.24. The third-order valence-corrected chi connectivity index (χ3v) is 18.3. The molecule has 0 N–H and O–H groups in total. The number of aryl methyl sites for hydroxylation is 10. The lowest BCUT2D eigenvalue weighted by molar-refractivity contribution is 0.362. The summed E-state index contributed by atoms with van der Waals surface area (Å²) >= 11 is 6.43. The molecule has 588 valence electrons. The molecule has 0 aromatic carbocycles. The molecule has 0 bridgehead atoms. The Kier molecular flexibility index (Phi) is 46.2. The van der Waals surface area contributed by atoms with Crippen LogP contribution in [0.25, 0.3) is 0 Å². The van der Waals surface area contributed by atoms with E-state index in [1.165, 1.54) is 56.7 Å². The quantitative estimate of drug-likeness (QED) is 0.110. The van der Waals surface area contributed by atoms with Crippen molar-refractivity contribution in [2.75, 3.05) is 0 Å². The largest absolute Gasteiger partial charge is 0.449 e. The molecule has 0 aliphatic rings. The van der Waals surface area contributed by atoms with Gasteiger partial charge in [-0.15, -0.1) is 43.1 Å². The maximum atomic E-state index is 5.01. The highest BCUT2D eigenvalue weighted by atomic mass is 32.1. The Labute approximate surface area is 647 Å². The van der Waals surface area contributed by atoms with Crippen molar-refractivity contribution < 1.29 is 26.9 Å². The summed E-state index contributed by atoms with van der Waals surface area (Å²) in [6, 6.07) is 0. The number of nitrogens with zero attached hydrogens (tertiary/aromatic N) is 20. The van der Waals surface area contributed by atoms with E-state index in [2.05, 4.69) is 227 Å². The maximum absolute atomic E-state index is 5.01. The first-order valence-corrected chi connectivity index (χ1v) is 39.3. The molecule has 0 aliphatic carbocycles. The van der Waals surface area contributed by atoms with E-state index in [9.17, 15) is 0 Å². The zero-order chi connectivity index (χ0) is 80.5. The van der Waals surface area contributed by atoms with Crippen LogP contribution in [-0.4, -0.2) is 99.5 Å². The van der Waals surface area contributed by atoms with Crippen molar-refractivity contribution in [1.29, 1.82) is 0 Å². The van der Waals surface area contributed by atoms with Crippen molar-refractivity contribution >= 4 is 45.7 Å². The number of rotatable bonds is 12. The second-order valence-electron chi connectivity index (χ2n) is 28.2. The van der Waals surface area contributed by atoms with Crippen molar-refractivity contribution in [3.8, 4) is 0 Å². The van der Waals surface area contributed by atoms with E-state index < -0.39 is 0 Å². The van der Waals surface area contributed by atoms with E-state index in [1.54, 1.807) is 87.8 Å². The van der Waals surface area contributed by atoms with Gasteiger partial charge in [-0.3, -0.25) is 9.36 Å². The van der Waals surface area contributed by atoms with Crippen LogP contribution in [0.1, 0.15) is 349 Å². The van der Waals surface area contributed by atoms with Gasteiger partial charge in [0.25, 0.3) is 0 Å². The summed E-state index contributed by atoms with van der Waals surface area (Å²) in [5, 5.41) is 46.7. The van der Waals surface area contributed by atoms with Crippen molar-refractivity contribution in [2.45, 2.75) is 293 Å². The Morgan fingerprint density at radius 2 is 1.03 bits per heavy atom. The summed E-state index contributed by atoms with van der Waals surface area (Å²) in [6.07, 6.45) is 13.6. The molecule has 12 aromatic heterocycles. The molecule has 12 heterocycles. The van der Waals surface area contributed by atoms with Gasteiger partial charge in [-0.2, -0.15) is 18.7 Å². The Balaban J connectivity index is 0.000000578. The fourth-order valence-electron chi connectivity index (χ4n) is 8.40. The van der Waals surface area contributed by atoms with Crippen molar-refractivity contribution in [3.05, 3.63) is 173 Å². The van der Waals surface area contributed by atoms with Crippen molar-refractivity contribution in [2.24, 2.45) is 14.1 Å². The summed E-state index contributed by atoms with van der Waals surface area (Å²) in [4.78, 5) is 24.1. The summed E-state index contributed by atoms with van der Waals surface area (Å²) in [5.41, 5.74) is 9.41. The molecular weight excluding hydrogens is 1420 g/mol. The molecule has 0 saturated carbocycles. The number of hydrogen-bond acceptors (Lipinski definition) is 28. The average Bonchev–Trinajstić information content (AvgIpc) is 1.71. The SMILES string of the molecule is CC(C)c1cnco1.CC(C)c1cnnn1C.CC(C)c1cnnn1C.CC(C)c1ncco1.CC(C)c1nccs1.Cc1nc(C(C)C)no1.Cc1nnc(C(C)C)s1.Cc1noc(C(C)C)n1.Cc1noc(C)c1C(C)C.Cc1nocc1C(C)C.Cc1nsc(C(C)C)n1.Cc1nscc1C(C)C. The fourth-order valence-corrected chi connectivity index (χ4v) is 11.3. The van der Waals surface area contributed by atoms with E-state index in [0.29, 0.717) is 88.6 Å². The number of aromatic nitrogens is 20. The van der Waals surface area contributed by atoms with Gasteiger partial charge in [-0.05, 0) is 107 Å². The average molecular weight is 1540 g/mol. The van der Waals surface area contributed by atoms with E-state index in [-0.39, 0.29) is 0 Å². The van der Waals surface area contributed by atoms with Gasteiger partial charge >= 0.3 is 0 Å². The van der Waals surface area contributed by atoms with Crippen molar-refractivity contribution in [1.82, 2.24) is 99.5 Å². The second-order valence-corrected chi connectivity index (χ2v) is 31.8. The van der Waals surface area contributed by atoms with E-state index in [1.807, 2.05) is 109 Å². The summed E-state index contributed by atoms with van der Waals surface area (Å²) < 4.78 is 41.2. The van der Waals surface area contributed by atoms with Crippen LogP contribution in [0.15, 0.2) is 87.6 Å². The highest BCUT2D eigenvalue weighted by Gasteiger charge is 2.13. The topological polar surface area (TPSA) is 321 Å². The molecule has 12 rings (SSSR count). The molecule has 0 unspecified atom stereocenters. The minimum Gasteiger partial charge on any atom is -0.449 e. The number of oxazole rings is 2. The molecule has 0 atom stereocenters. The van der Waals surface area contributed by atoms with Gasteiger partial charge in [-0.1, -0.05) is 197 Å². The first-order chi connectivity index (χ1) is 49.7. The molecule has 0 saturated heterocycles. The minimum absolute atomic E-state index is 0.339. The monoisotopic (exact) mass is 1540 g/mol. The number of thiazole rings is 1. The molecule has 30 heteroatoms. The maximum Gasteiger partial charge on any atom is 0.229 e. The molecule has 0 radical (unpaired) electrons. The lowest BCUT2D eigenvalue weighted by Gasteiger charge is -2.01. The third-order valence-electron chi connectivity index (χ3n) is 14.2. The van der Waals surface area contributed by atoms with Crippen LogP contribution in [-0.2, 0) is 14.1 Å². The van der Waals surface area contributed by atoms with E-state index in [0.717, 1.165) is 55.5 Å². The van der Waals surface area contributed by atoms with Gasteiger partial charge in [0.05, 0.1) is 58.3 Å². The third kappa shape index (κ3) is 38.4. The van der Waals surface area contributed by atoms with Gasteiger partial charge in [-0.25, -0.2) is 19.9 Å². The summed E-state index contributed by atoms with van der Waals surface area (Å²) in [7, 11) is 3.81. The van der Waals surface area contributed by atoms with Crippen LogP contribution in [0.3, 0.4) is 0 Å². The molecule has 0 fully saturated rings. The minimum atomic E-state index is 0.339. The Morgan fingerprint density at radius 1 is 0.443 bits per heavy atom. The predicted molar refractivity (Wildman–Crippen MR) is 428 cm³/mol. The zero-order valence-corrected chi connectivity index (χ0v) is 73.0. The van der Waals surface area contributed by atoms with E-state index in [4.69, 9.17) is 26.9 Å². The molecule has 0 spiro atoms. The lowest BCUT2D eigenvalue weighted by Crippen LogP contribution is -1.99. The molecule has 26 nitrogen and oxygen atoms in total. The molecule has 0 amide bonds. The van der Waals surface area contributed by atoms with Crippen LogP contribution >= 0.6 is 45.7 Å². The Morgan fingerprint density at radius 3 is 1.24 bits per heavy atom. The van der Waals surface area contributed by atoms with Crippen molar-refractivity contribution in [3.63, 3.8) is 0 Å². The molecule has 12 aromatic rings. The fraction of sp³-hybridized carbons (Fsp3) is 0.605. The van der Waals surface area contributed by atoms with Gasteiger partial charge in [0.15, 0.2) is 23.9 Å². The Hall–Kier alpha value is -8.22. The van der Waals surface area contributed by atoms with Gasteiger partial charge in [0.2, 0.25) is 11.8 Å². The first-order valence-electron chi connectivity index (χ1n) is 36.0. The zero-order valence-electron chi connectivity index (χ0n) is 69.7. The van der Waals surface area contributed by atoms with Crippen LogP contribution in [0.2, 0.25) is 0 Å². The van der Waals surface area contributed by atoms with Gasteiger partial charge < -0.3 is 26.9 Å². The predicted octanol–water partition coefficient (Wildman–Crippen LogP) is 21.8.